The fraction of sp³-hybridized carbons (Fsp3) is 0.0938. The summed E-state index contributed by atoms with van der Waals surface area (Å²) < 4.78 is 16.3. The van der Waals surface area contributed by atoms with E-state index in [-0.39, 0.29) is 29.5 Å². The molecule has 0 fully saturated rings. The van der Waals surface area contributed by atoms with Gasteiger partial charge in [0.1, 0.15) is 22.6 Å². The largest absolute Gasteiger partial charge is 0.482 e. The van der Waals surface area contributed by atoms with Crippen molar-refractivity contribution < 1.29 is 23.5 Å². The normalized spacial score (nSPS) is 11.5. The van der Waals surface area contributed by atoms with Gasteiger partial charge < -0.3 is 19.2 Å². The number of ether oxygens (including phenoxy) is 2. The van der Waals surface area contributed by atoms with Gasteiger partial charge in [0.2, 0.25) is 0 Å². The van der Waals surface area contributed by atoms with Crippen LogP contribution in [0.2, 0.25) is 0 Å². The fourth-order valence-electron chi connectivity index (χ4n) is 4.09. The Morgan fingerprint density at radius 1 is 0.795 bits per heavy atom. The molecule has 1 amide bonds. The highest BCUT2D eigenvalue weighted by atomic mass is 16.6. The molecule has 0 saturated heterocycles. The number of carbonyl (C=O) groups excluding carboxylic acids is 2. The number of fused-ring (bicyclic) bond motifs is 1. The van der Waals surface area contributed by atoms with Crippen molar-refractivity contribution in [2.75, 3.05) is 6.61 Å². The van der Waals surface area contributed by atoms with E-state index in [0.717, 1.165) is 16.7 Å². The second-order valence-electron chi connectivity index (χ2n) is 8.91. The first kappa shape index (κ1) is 25.5. The Hall–Kier alpha value is -5.17. The lowest BCUT2D eigenvalue weighted by atomic mass is 10.1. The third kappa shape index (κ3) is 6.22. The molecule has 0 bridgehead atoms. The first-order chi connectivity index (χ1) is 19.0. The number of hydrogen-bond acceptors (Lipinski definition) is 6. The number of amides is 1. The van der Waals surface area contributed by atoms with Crippen molar-refractivity contribution in [2.24, 2.45) is 0 Å². The van der Waals surface area contributed by atoms with Crippen molar-refractivity contribution in [2.45, 2.75) is 13.0 Å². The molecule has 1 atom stereocenters. The number of hydrogen-bond donors (Lipinski definition) is 1. The maximum atomic E-state index is 12.7. The highest BCUT2D eigenvalue weighted by Gasteiger charge is 2.17. The van der Waals surface area contributed by atoms with Crippen LogP contribution in [0.4, 0.5) is 0 Å². The number of carbonyl (C=O) groups is 2. The van der Waals surface area contributed by atoms with Crippen LogP contribution in [-0.4, -0.2) is 18.5 Å². The Morgan fingerprint density at radius 3 is 2.15 bits per heavy atom. The van der Waals surface area contributed by atoms with Crippen LogP contribution in [0.3, 0.4) is 0 Å². The predicted octanol–water partition coefficient (Wildman–Crippen LogP) is 5.94. The Kier molecular flexibility index (Phi) is 7.50. The summed E-state index contributed by atoms with van der Waals surface area (Å²) in [5.41, 5.74) is 2.33. The maximum Gasteiger partial charge on any atom is 0.349 e. The van der Waals surface area contributed by atoms with Crippen molar-refractivity contribution in [1.29, 1.82) is 0 Å². The Morgan fingerprint density at radius 2 is 1.44 bits per heavy atom. The summed E-state index contributed by atoms with van der Waals surface area (Å²) in [5.74, 6) is -0.432. The third-order valence-electron chi connectivity index (χ3n) is 6.15. The van der Waals surface area contributed by atoms with Crippen LogP contribution in [-0.2, 0) is 4.79 Å². The SMILES string of the molecule is CC(NC(=O)c1cc2ccc(OC(=O)COc3ccc(-c4ccccc4)cc3)cc2oc1=O)c1ccccc1. The van der Waals surface area contributed by atoms with E-state index >= 15 is 0 Å². The maximum absolute atomic E-state index is 12.7. The molecule has 0 spiro atoms. The molecule has 39 heavy (non-hydrogen) atoms. The third-order valence-corrected chi connectivity index (χ3v) is 6.15. The molecule has 4 aromatic carbocycles. The van der Waals surface area contributed by atoms with Crippen LogP contribution >= 0.6 is 0 Å². The Labute approximate surface area is 224 Å². The van der Waals surface area contributed by atoms with Crippen molar-refractivity contribution in [1.82, 2.24) is 5.32 Å². The molecule has 7 nitrogen and oxygen atoms in total. The molecule has 5 aromatic rings. The molecule has 5 rings (SSSR count). The van der Waals surface area contributed by atoms with Crippen LogP contribution in [0.1, 0.15) is 28.9 Å². The second kappa shape index (κ2) is 11.5. The molecular weight excluding hydrogens is 494 g/mol. The zero-order chi connectivity index (χ0) is 27.2. The highest BCUT2D eigenvalue weighted by molar-refractivity contribution is 5.97. The lowest BCUT2D eigenvalue weighted by molar-refractivity contribution is -0.136. The van der Waals surface area contributed by atoms with Gasteiger partial charge in [-0.25, -0.2) is 9.59 Å². The van der Waals surface area contributed by atoms with Crippen molar-refractivity contribution in [3.8, 4) is 22.6 Å². The topological polar surface area (TPSA) is 94.8 Å². The average molecular weight is 520 g/mol. The minimum Gasteiger partial charge on any atom is -0.482 e. The molecule has 0 saturated carbocycles. The van der Waals surface area contributed by atoms with Crippen LogP contribution in [0.5, 0.6) is 11.5 Å². The van der Waals surface area contributed by atoms with Crippen molar-refractivity contribution in [3.63, 3.8) is 0 Å². The fourth-order valence-corrected chi connectivity index (χ4v) is 4.09. The summed E-state index contributed by atoms with van der Waals surface area (Å²) in [6, 6.07) is 32.5. The van der Waals surface area contributed by atoms with E-state index in [2.05, 4.69) is 5.32 Å². The van der Waals surface area contributed by atoms with E-state index in [4.69, 9.17) is 13.9 Å². The van der Waals surface area contributed by atoms with E-state index in [0.29, 0.717) is 11.1 Å². The van der Waals surface area contributed by atoms with Crippen LogP contribution in [0.15, 0.2) is 118 Å². The summed E-state index contributed by atoms with van der Waals surface area (Å²) in [6.45, 7) is 1.53. The minimum absolute atomic E-state index is 0.110. The molecule has 0 aliphatic heterocycles. The van der Waals surface area contributed by atoms with Gasteiger partial charge in [-0.15, -0.1) is 0 Å². The zero-order valence-corrected chi connectivity index (χ0v) is 21.1. The molecule has 194 valence electrons. The number of esters is 1. The highest BCUT2D eigenvalue weighted by Crippen LogP contribution is 2.23. The number of rotatable bonds is 8. The zero-order valence-electron chi connectivity index (χ0n) is 21.1. The smallest absolute Gasteiger partial charge is 0.349 e. The first-order valence-corrected chi connectivity index (χ1v) is 12.4. The quantitative estimate of drug-likeness (QED) is 0.155. The van der Waals surface area contributed by atoms with Gasteiger partial charge in [-0.05, 0) is 53.9 Å². The molecular formula is C32H25NO6. The summed E-state index contributed by atoms with van der Waals surface area (Å²) in [5, 5.41) is 3.33. The monoisotopic (exact) mass is 519 g/mol. The summed E-state index contributed by atoms with van der Waals surface area (Å²) in [6.07, 6.45) is 0. The molecule has 0 aliphatic rings. The lowest BCUT2D eigenvalue weighted by Crippen LogP contribution is -2.30. The molecule has 0 radical (unpaired) electrons. The molecule has 7 heteroatoms. The van der Waals surface area contributed by atoms with Gasteiger partial charge in [0.15, 0.2) is 6.61 Å². The van der Waals surface area contributed by atoms with Gasteiger partial charge in [0, 0.05) is 11.5 Å². The summed E-state index contributed by atoms with van der Waals surface area (Å²) in [7, 11) is 0. The van der Waals surface area contributed by atoms with Gasteiger partial charge in [0.25, 0.3) is 5.91 Å². The van der Waals surface area contributed by atoms with Crippen molar-refractivity contribution >= 4 is 22.8 Å². The second-order valence-corrected chi connectivity index (χ2v) is 8.91. The van der Waals surface area contributed by atoms with E-state index in [1.165, 1.54) is 12.1 Å². The van der Waals surface area contributed by atoms with Crippen LogP contribution < -0.4 is 20.4 Å². The Bertz CT molecular complexity index is 1660. The predicted molar refractivity (Wildman–Crippen MR) is 148 cm³/mol. The number of benzene rings is 4. The Balaban J connectivity index is 1.20. The van der Waals surface area contributed by atoms with Gasteiger partial charge in [-0.2, -0.15) is 0 Å². The minimum atomic E-state index is -0.786. The van der Waals surface area contributed by atoms with E-state index in [1.807, 2.05) is 79.7 Å². The average Bonchev–Trinajstić information content (AvgIpc) is 2.97. The van der Waals surface area contributed by atoms with E-state index in [9.17, 15) is 14.4 Å². The molecule has 1 unspecified atom stereocenters. The van der Waals surface area contributed by atoms with Gasteiger partial charge in [0.05, 0.1) is 6.04 Å². The van der Waals surface area contributed by atoms with Gasteiger partial charge in [-0.1, -0.05) is 72.8 Å². The van der Waals surface area contributed by atoms with Gasteiger partial charge >= 0.3 is 11.6 Å². The molecule has 1 aromatic heterocycles. The molecule has 1 heterocycles. The van der Waals surface area contributed by atoms with E-state index < -0.39 is 17.5 Å². The first-order valence-electron chi connectivity index (χ1n) is 12.4. The standard InChI is InChI=1S/C32H25NO6/c1-21(22-8-4-2-5-9-22)33-31(35)28-18-25-14-17-27(19-29(25)39-32(28)36)38-30(34)20-37-26-15-12-24(13-16-26)23-10-6-3-7-11-23/h2-19,21H,20H2,1H3,(H,33,35). The lowest BCUT2D eigenvalue weighted by Gasteiger charge is -2.14. The number of nitrogens with one attached hydrogen (secondary N) is 1. The van der Waals surface area contributed by atoms with Crippen molar-refractivity contribution in [3.05, 3.63) is 131 Å². The van der Waals surface area contributed by atoms with Gasteiger partial charge in [-0.3, -0.25) is 4.79 Å². The molecule has 0 aliphatic carbocycles. The van der Waals surface area contributed by atoms with Crippen LogP contribution in [0.25, 0.3) is 22.1 Å². The summed E-state index contributed by atoms with van der Waals surface area (Å²) in [4.78, 5) is 37.6. The van der Waals surface area contributed by atoms with Crippen LogP contribution in [0, 0.1) is 0 Å². The molecule has 1 N–H and O–H groups in total. The van der Waals surface area contributed by atoms with E-state index in [1.54, 1.807) is 24.3 Å². The summed E-state index contributed by atoms with van der Waals surface area (Å²) >= 11 is 0.